The molecule has 0 bridgehead atoms. The summed E-state index contributed by atoms with van der Waals surface area (Å²) in [4.78, 5) is 0. The predicted octanol–water partition coefficient (Wildman–Crippen LogP) is -1.37. The normalized spacial score (nSPS) is 32.5. The largest absolute Gasteiger partial charge is 0.386 e. The van der Waals surface area contributed by atoms with Gasteiger partial charge in [0.25, 0.3) is 0 Å². The molecule has 2 N–H and O–H groups in total. The zero-order valence-corrected chi connectivity index (χ0v) is 12.2. The minimum absolute atomic E-state index is 0.0847. The number of hydrogen-bond donors (Lipinski definition) is 2. The summed E-state index contributed by atoms with van der Waals surface area (Å²) in [5.74, 6) is -0.183. The number of nitrogens with one attached hydrogen (secondary N) is 1. The first kappa shape index (κ1) is 15.2. The van der Waals surface area contributed by atoms with Crippen LogP contribution in [0, 0.1) is 0 Å². The number of ether oxygens (including phenoxy) is 1. The van der Waals surface area contributed by atoms with E-state index in [1.807, 2.05) is 0 Å². The van der Waals surface area contributed by atoms with Crippen LogP contribution < -0.4 is 4.72 Å². The molecule has 0 radical (unpaired) electrons. The summed E-state index contributed by atoms with van der Waals surface area (Å²) in [6.45, 7) is 0.451. The van der Waals surface area contributed by atoms with E-state index in [1.165, 1.54) is 0 Å². The van der Waals surface area contributed by atoms with Gasteiger partial charge in [0.1, 0.15) is 15.4 Å². The maximum atomic E-state index is 12.0. The van der Waals surface area contributed by atoms with Crippen molar-refractivity contribution in [3.8, 4) is 0 Å². The highest BCUT2D eigenvalue weighted by molar-refractivity contribution is 7.92. The molecule has 2 rings (SSSR count). The highest BCUT2D eigenvalue weighted by Crippen LogP contribution is 2.21. The fraction of sp³-hybridized carbons (Fsp3) is 1.00. The van der Waals surface area contributed by atoms with Crippen molar-refractivity contribution in [1.29, 1.82) is 0 Å². The Hall–Kier alpha value is -0.220. The molecule has 0 amide bonds. The van der Waals surface area contributed by atoms with E-state index in [1.54, 1.807) is 0 Å². The van der Waals surface area contributed by atoms with Crippen molar-refractivity contribution >= 4 is 19.9 Å². The molecule has 0 aromatic carbocycles. The second-order valence-corrected chi connectivity index (χ2v) is 9.59. The third kappa shape index (κ3) is 3.88. The Balaban J connectivity index is 1.92. The van der Waals surface area contributed by atoms with Crippen molar-refractivity contribution in [1.82, 2.24) is 4.72 Å². The Kier molecular flexibility index (Phi) is 4.22. The van der Waals surface area contributed by atoms with Crippen LogP contribution in [0.1, 0.15) is 19.3 Å². The summed E-state index contributed by atoms with van der Waals surface area (Å²) in [5, 5.41) is 9.30. The quantitative estimate of drug-likeness (QED) is 0.663. The fourth-order valence-corrected chi connectivity index (χ4v) is 5.62. The number of rotatable bonds is 4. The summed E-state index contributed by atoms with van der Waals surface area (Å²) in [7, 11) is -6.67. The van der Waals surface area contributed by atoms with Crippen molar-refractivity contribution in [3.05, 3.63) is 0 Å². The van der Waals surface area contributed by atoms with Crippen LogP contribution in [0.25, 0.3) is 0 Å². The summed E-state index contributed by atoms with van der Waals surface area (Å²) in [5.41, 5.74) is -1.15. The molecule has 7 nitrogen and oxygen atoms in total. The van der Waals surface area contributed by atoms with E-state index in [4.69, 9.17) is 4.74 Å². The monoisotopic (exact) mass is 313 g/mol. The number of hydrogen-bond acceptors (Lipinski definition) is 6. The molecule has 2 aliphatic rings. The molecule has 2 saturated heterocycles. The van der Waals surface area contributed by atoms with Gasteiger partial charge in [0, 0.05) is 19.6 Å². The number of aliphatic hydroxyl groups is 1. The van der Waals surface area contributed by atoms with E-state index in [0.717, 1.165) is 0 Å². The first-order valence-electron chi connectivity index (χ1n) is 6.22. The van der Waals surface area contributed by atoms with Gasteiger partial charge in [-0.15, -0.1) is 0 Å². The van der Waals surface area contributed by atoms with Gasteiger partial charge < -0.3 is 9.84 Å². The molecule has 0 saturated carbocycles. The molecule has 19 heavy (non-hydrogen) atoms. The lowest BCUT2D eigenvalue weighted by atomic mass is 10.1. The fourth-order valence-electron chi connectivity index (χ4n) is 2.27. The summed E-state index contributed by atoms with van der Waals surface area (Å²) >= 11 is 0. The van der Waals surface area contributed by atoms with Crippen molar-refractivity contribution in [2.75, 3.05) is 31.3 Å². The van der Waals surface area contributed by atoms with E-state index in [2.05, 4.69) is 4.72 Å². The molecule has 2 fully saturated rings. The van der Waals surface area contributed by atoms with Crippen LogP contribution in [-0.2, 0) is 24.6 Å². The van der Waals surface area contributed by atoms with Crippen LogP contribution >= 0.6 is 0 Å². The molecule has 9 heteroatoms. The zero-order valence-electron chi connectivity index (χ0n) is 10.5. The van der Waals surface area contributed by atoms with Gasteiger partial charge in [-0.1, -0.05) is 0 Å². The number of sulfone groups is 1. The van der Waals surface area contributed by atoms with Crippen LogP contribution in [0.15, 0.2) is 0 Å². The van der Waals surface area contributed by atoms with Gasteiger partial charge in [0.05, 0.1) is 23.4 Å². The van der Waals surface area contributed by atoms with E-state index in [0.29, 0.717) is 13.0 Å². The smallest absolute Gasteiger partial charge is 0.214 e. The van der Waals surface area contributed by atoms with Crippen molar-refractivity contribution in [3.63, 3.8) is 0 Å². The summed E-state index contributed by atoms with van der Waals surface area (Å²) in [6, 6.07) is 0. The second-order valence-electron chi connectivity index (χ2n) is 5.24. The average molecular weight is 313 g/mol. The van der Waals surface area contributed by atoms with Crippen LogP contribution in [0.5, 0.6) is 0 Å². The molecule has 1 unspecified atom stereocenters. The SMILES string of the molecule is O=S1(=O)CCC(S(=O)(=O)NCC2(O)CCOC2)CC1. The van der Waals surface area contributed by atoms with Crippen molar-refractivity contribution < 1.29 is 26.7 Å². The predicted molar refractivity (Wildman–Crippen MR) is 69.0 cm³/mol. The lowest BCUT2D eigenvalue weighted by Gasteiger charge is -2.25. The second kappa shape index (κ2) is 5.28. The molecule has 0 aliphatic carbocycles. The molecular formula is C10H19NO6S2. The molecule has 0 spiro atoms. The van der Waals surface area contributed by atoms with Gasteiger partial charge in [0.2, 0.25) is 10.0 Å². The van der Waals surface area contributed by atoms with Gasteiger partial charge in [0.15, 0.2) is 0 Å². The zero-order chi connectivity index (χ0) is 14.1. The standard InChI is InChI=1S/C10H19NO6S2/c12-10(3-4-17-8-10)7-11-19(15,16)9-1-5-18(13,14)6-2-9/h9,11-12H,1-8H2. The Labute approximate surface area is 113 Å². The maximum absolute atomic E-state index is 12.0. The highest BCUT2D eigenvalue weighted by atomic mass is 32.2. The third-order valence-electron chi connectivity index (χ3n) is 3.63. The minimum atomic E-state index is -3.59. The Bertz CT molecular complexity index is 506. The van der Waals surface area contributed by atoms with Gasteiger partial charge in [-0.05, 0) is 12.8 Å². The molecule has 2 aliphatic heterocycles. The van der Waals surface area contributed by atoms with E-state index < -0.39 is 30.7 Å². The van der Waals surface area contributed by atoms with Crippen LogP contribution in [0.2, 0.25) is 0 Å². The average Bonchev–Trinajstić information content (AvgIpc) is 2.74. The van der Waals surface area contributed by atoms with E-state index >= 15 is 0 Å². The van der Waals surface area contributed by atoms with Crippen molar-refractivity contribution in [2.45, 2.75) is 30.1 Å². The highest BCUT2D eigenvalue weighted by Gasteiger charge is 2.37. The molecule has 112 valence electrons. The molecular weight excluding hydrogens is 294 g/mol. The number of sulfonamides is 1. The maximum Gasteiger partial charge on any atom is 0.214 e. The molecule has 0 aromatic rings. The van der Waals surface area contributed by atoms with Gasteiger partial charge in [-0.25, -0.2) is 21.6 Å². The van der Waals surface area contributed by atoms with Gasteiger partial charge in [-0.3, -0.25) is 0 Å². The van der Waals surface area contributed by atoms with Gasteiger partial charge in [-0.2, -0.15) is 0 Å². The first-order chi connectivity index (χ1) is 8.73. The Morgan fingerprint density at radius 1 is 1.32 bits per heavy atom. The van der Waals surface area contributed by atoms with Gasteiger partial charge >= 0.3 is 0 Å². The van der Waals surface area contributed by atoms with Crippen LogP contribution in [0.4, 0.5) is 0 Å². The third-order valence-corrected chi connectivity index (χ3v) is 7.24. The summed E-state index contributed by atoms with van der Waals surface area (Å²) < 4.78 is 54.0. The van der Waals surface area contributed by atoms with E-state index in [9.17, 15) is 21.9 Å². The summed E-state index contributed by atoms with van der Waals surface area (Å²) in [6.07, 6.45) is 0.633. The molecule has 1 atom stereocenters. The molecule has 0 aromatic heterocycles. The van der Waals surface area contributed by atoms with Crippen LogP contribution in [-0.4, -0.2) is 64.1 Å². The molecule has 2 heterocycles. The lowest BCUT2D eigenvalue weighted by Crippen LogP contribution is -2.47. The van der Waals surface area contributed by atoms with E-state index in [-0.39, 0.29) is 37.5 Å². The topological polar surface area (TPSA) is 110 Å². The Morgan fingerprint density at radius 2 is 1.95 bits per heavy atom. The minimum Gasteiger partial charge on any atom is -0.386 e. The Morgan fingerprint density at radius 3 is 2.47 bits per heavy atom. The first-order valence-corrected chi connectivity index (χ1v) is 9.58. The lowest BCUT2D eigenvalue weighted by molar-refractivity contribution is 0.0314. The van der Waals surface area contributed by atoms with Crippen LogP contribution in [0.3, 0.4) is 0 Å². The van der Waals surface area contributed by atoms with Crippen molar-refractivity contribution in [2.24, 2.45) is 0 Å².